The predicted molar refractivity (Wildman–Crippen MR) is 136 cm³/mol. The first kappa shape index (κ1) is 25.8. The number of nitrogens with one attached hydrogen (secondary N) is 1. The molecule has 6 nitrogen and oxygen atoms in total. The van der Waals surface area contributed by atoms with Crippen LogP contribution in [0, 0.1) is 11.7 Å². The lowest BCUT2D eigenvalue weighted by Gasteiger charge is -2.31. The smallest absolute Gasteiger partial charge is 0.170 e. The number of pyridine rings is 2. The Morgan fingerprint density at radius 1 is 1.24 bits per heavy atom. The number of hydrogen-bond acceptors (Lipinski definition) is 6. The van der Waals surface area contributed by atoms with Gasteiger partial charge in [0.2, 0.25) is 0 Å². The molecule has 0 radical (unpaired) electrons. The van der Waals surface area contributed by atoms with Gasteiger partial charge in [-0.1, -0.05) is 19.0 Å². The Labute approximate surface area is 205 Å². The molecular weight excluding hydrogens is 455 g/mol. The average Bonchev–Trinajstić information content (AvgIpc) is 2.77. The second kappa shape index (κ2) is 10.7. The number of carbonyl (C=O) groups excluding carboxylic acids is 1. The standard InChI is InChI=1S/C25H28ClFN4O2.CH4/c1-14(32)18-12-28-22-9-8-21(16-10-19(26)25(33)20(27)11-16)30-24(22)23(18)29-17-6-4-15(5-7-17)13-31(2)3;/h8-12,15,17,33H,4-7,13H2,1-3H3,(H,28,29);1H4. The molecule has 2 aromatic heterocycles. The third kappa shape index (κ3) is 5.47. The third-order valence-electron chi connectivity index (χ3n) is 6.22. The molecule has 1 saturated carbocycles. The van der Waals surface area contributed by atoms with Gasteiger partial charge in [0, 0.05) is 24.3 Å². The number of ketones is 1. The van der Waals surface area contributed by atoms with Gasteiger partial charge in [0.05, 0.1) is 27.5 Å². The summed E-state index contributed by atoms with van der Waals surface area (Å²) in [6.45, 7) is 2.60. The van der Waals surface area contributed by atoms with Gasteiger partial charge < -0.3 is 15.3 Å². The zero-order valence-corrected chi connectivity index (χ0v) is 19.8. The molecule has 0 amide bonds. The number of benzene rings is 1. The largest absolute Gasteiger partial charge is 0.504 e. The van der Waals surface area contributed by atoms with Crippen molar-refractivity contribution in [1.29, 1.82) is 0 Å². The quantitative estimate of drug-likeness (QED) is 0.406. The van der Waals surface area contributed by atoms with Crippen LogP contribution in [-0.2, 0) is 0 Å². The number of hydrogen-bond donors (Lipinski definition) is 2. The van der Waals surface area contributed by atoms with Gasteiger partial charge in [0.25, 0.3) is 0 Å². The highest BCUT2D eigenvalue weighted by Gasteiger charge is 2.24. The van der Waals surface area contributed by atoms with E-state index in [1.54, 1.807) is 18.3 Å². The Morgan fingerprint density at radius 2 is 1.94 bits per heavy atom. The molecule has 182 valence electrons. The third-order valence-corrected chi connectivity index (χ3v) is 6.51. The summed E-state index contributed by atoms with van der Waals surface area (Å²) in [4.78, 5) is 23.8. The van der Waals surface area contributed by atoms with E-state index in [1.807, 2.05) is 0 Å². The van der Waals surface area contributed by atoms with Crippen LogP contribution in [0.3, 0.4) is 0 Å². The van der Waals surface area contributed by atoms with Gasteiger partial charge in [-0.05, 0) is 76.9 Å². The lowest BCUT2D eigenvalue weighted by atomic mass is 9.85. The number of halogens is 2. The zero-order chi connectivity index (χ0) is 23.7. The van der Waals surface area contributed by atoms with E-state index >= 15 is 0 Å². The van der Waals surface area contributed by atoms with Crippen molar-refractivity contribution in [2.45, 2.75) is 46.1 Å². The fourth-order valence-electron chi connectivity index (χ4n) is 4.56. The maximum atomic E-state index is 14.1. The van der Waals surface area contributed by atoms with E-state index in [0.29, 0.717) is 39.5 Å². The molecule has 1 aromatic carbocycles. The van der Waals surface area contributed by atoms with Gasteiger partial charge in [-0.2, -0.15) is 0 Å². The molecular formula is C26H32ClFN4O2. The number of fused-ring (bicyclic) bond motifs is 1. The predicted octanol–water partition coefficient (Wildman–Crippen LogP) is 6.17. The van der Waals surface area contributed by atoms with Gasteiger partial charge in [0.1, 0.15) is 5.52 Å². The van der Waals surface area contributed by atoms with E-state index in [2.05, 4.69) is 29.3 Å². The lowest BCUT2D eigenvalue weighted by molar-refractivity contribution is 0.101. The molecule has 0 spiro atoms. The van der Waals surface area contributed by atoms with E-state index in [9.17, 15) is 14.3 Å². The Morgan fingerprint density at radius 3 is 2.56 bits per heavy atom. The number of carbonyl (C=O) groups is 1. The van der Waals surface area contributed by atoms with Crippen LogP contribution in [0.5, 0.6) is 5.75 Å². The first-order valence-corrected chi connectivity index (χ1v) is 11.5. The lowest BCUT2D eigenvalue weighted by Crippen LogP contribution is -2.31. The van der Waals surface area contributed by atoms with Crippen LogP contribution in [0.4, 0.5) is 10.1 Å². The van der Waals surface area contributed by atoms with Gasteiger partial charge in [0.15, 0.2) is 17.3 Å². The summed E-state index contributed by atoms with van der Waals surface area (Å²) in [5.74, 6) is -0.825. The van der Waals surface area contributed by atoms with Gasteiger partial charge >= 0.3 is 0 Å². The SMILES string of the molecule is C.CC(=O)c1cnc2ccc(-c3cc(F)c(O)c(Cl)c3)nc2c1NC1CCC(CN(C)C)CC1. The van der Waals surface area contributed by atoms with E-state index in [1.165, 1.54) is 19.1 Å². The van der Waals surface area contributed by atoms with Crippen molar-refractivity contribution in [3.63, 3.8) is 0 Å². The fraction of sp³-hybridized carbons (Fsp3) is 0.423. The van der Waals surface area contributed by atoms with Crippen LogP contribution in [0.15, 0.2) is 30.5 Å². The first-order valence-electron chi connectivity index (χ1n) is 11.1. The van der Waals surface area contributed by atoms with E-state index in [0.717, 1.165) is 32.2 Å². The van der Waals surface area contributed by atoms with Crippen LogP contribution in [0.1, 0.15) is 50.4 Å². The Balaban J connectivity index is 0.00000324. The zero-order valence-electron chi connectivity index (χ0n) is 19.0. The maximum Gasteiger partial charge on any atom is 0.170 e. The minimum atomic E-state index is -0.817. The molecule has 0 saturated heterocycles. The number of aromatic nitrogens is 2. The molecule has 2 N–H and O–H groups in total. The fourth-order valence-corrected chi connectivity index (χ4v) is 4.77. The number of rotatable bonds is 6. The van der Waals surface area contributed by atoms with Crippen molar-refractivity contribution in [2.75, 3.05) is 26.0 Å². The molecule has 1 aliphatic rings. The molecule has 0 unspecified atom stereocenters. The summed E-state index contributed by atoms with van der Waals surface area (Å²) < 4.78 is 14.1. The highest BCUT2D eigenvalue weighted by atomic mass is 35.5. The second-order valence-electron chi connectivity index (χ2n) is 9.08. The summed E-state index contributed by atoms with van der Waals surface area (Å²) in [6.07, 6.45) is 5.86. The molecule has 8 heteroatoms. The number of anilines is 1. The highest BCUT2D eigenvalue weighted by molar-refractivity contribution is 6.32. The van der Waals surface area contributed by atoms with Crippen molar-refractivity contribution in [3.8, 4) is 17.0 Å². The average molecular weight is 487 g/mol. The molecule has 0 aliphatic heterocycles. The van der Waals surface area contributed by atoms with Crippen LogP contribution in [0.2, 0.25) is 5.02 Å². The van der Waals surface area contributed by atoms with Crippen LogP contribution < -0.4 is 5.32 Å². The number of nitrogens with zero attached hydrogens (tertiary/aromatic N) is 3. The van der Waals surface area contributed by atoms with E-state index < -0.39 is 11.6 Å². The summed E-state index contributed by atoms with van der Waals surface area (Å²) >= 11 is 5.97. The molecule has 4 rings (SSSR count). The number of aromatic hydroxyl groups is 1. The molecule has 1 aliphatic carbocycles. The van der Waals surface area contributed by atoms with Gasteiger partial charge in [-0.3, -0.25) is 9.78 Å². The highest BCUT2D eigenvalue weighted by Crippen LogP contribution is 2.35. The number of Topliss-reactive ketones (excluding diaryl/α,β-unsaturated/α-hetero) is 1. The summed E-state index contributed by atoms with van der Waals surface area (Å²) in [7, 11) is 4.20. The van der Waals surface area contributed by atoms with E-state index in [-0.39, 0.29) is 24.3 Å². The molecule has 3 aromatic rings. The van der Waals surface area contributed by atoms with Gasteiger partial charge in [-0.25, -0.2) is 9.37 Å². The van der Waals surface area contributed by atoms with Crippen molar-refractivity contribution < 1.29 is 14.3 Å². The van der Waals surface area contributed by atoms with Crippen LogP contribution >= 0.6 is 11.6 Å². The second-order valence-corrected chi connectivity index (χ2v) is 9.49. The topological polar surface area (TPSA) is 78.3 Å². The van der Waals surface area contributed by atoms with Crippen LogP contribution in [-0.4, -0.2) is 52.4 Å². The van der Waals surface area contributed by atoms with Gasteiger partial charge in [-0.15, -0.1) is 0 Å². The normalized spacial score (nSPS) is 18.1. The summed E-state index contributed by atoms with van der Waals surface area (Å²) in [5, 5.41) is 13.1. The minimum Gasteiger partial charge on any atom is -0.504 e. The molecule has 0 bridgehead atoms. The first-order chi connectivity index (χ1) is 15.7. The van der Waals surface area contributed by atoms with Crippen molar-refractivity contribution in [3.05, 3.63) is 46.9 Å². The van der Waals surface area contributed by atoms with Crippen molar-refractivity contribution >= 4 is 34.1 Å². The van der Waals surface area contributed by atoms with Crippen molar-refractivity contribution in [1.82, 2.24) is 14.9 Å². The Hall–Kier alpha value is -2.77. The van der Waals surface area contributed by atoms with Crippen molar-refractivity contribution in [2.24, 2.45) is 5.92 Å². The minimum absolute atomic E-state index is 0. The Kier molecular flexibility index (Phi) is 8.10. The molecule has 2 heterocycles. The number of phenols is 1. The monoisotopic (exact) mass is 486 g/mol. The molecule has 34 heavy (non-hydrogen) atoms. The maximum absolute atomic E-state index is 14.1. The summed E-state index contributed by atoms with van der Waals surface area (Å²) in [6, 6.07) is 6.41. The Bertz CT molecular complexity index is 1170. The number of phenolic OH excluding ortho intramolecular Hbond substituents is 1. The summed E-state index contributed by atoms with van der Waals surface area (Å²) in [5.41, 5.74) is 3.25. The molecule has 1 fully saturated rings. The van der Waals surface area contributed by atoms with E-state index in [4.69, 9.17) is 16.6 Å². The van der Waals surface area contributed by atoms with Crippen LogP contribution in [0.25, 0.3) is 22.3 Å². The molecule has 0 atom stereocenters.